The fourth-order valence-corrected chi connectivity index (χ4v) is 2.39. The van der Waals surface area contributed by atoms with Crippen molar-refractivity contribution in [3.05, 3.63) is 54.3 Å². The van der Waals surface area contributed by atoms with Crippen molar-refractivity contribution in [1.82, 2.24) is 0 Å². The fourth-order valence-electron chi connectivity index (χ4n) is 2.33. The Morgan fingerprint density at radius 2 is 1.81 bits per heavy atom. The van der Waals surface area contributed by atoms with Crippen LogP contribution in [0.2, 0.25) is 0 Å². The molecule has 0 heterocycles. The van der Waals surface area contributed by atoms with Gasteiger partial charge in [-0.25, -0.2) is 4.39 Å². The lowest BCUT2D eigenvalue weighted by Gasteiger charge is -2.04. The molecule has 31 heavy (non-hydrogen) atoms. The molecule has 0 fully saturated rings. The molecule has 0 aliphatic carbocycles. The second-order valence-corrected chi connectivity index (χ2v) is 6.65. The molecule has 0 aliphatic heterocycles. The van der Waals surface area contributed by atoms with Gasteiger partial charge in [-0.1, -0.05) is 18.2 Å². The molecule has 0 amide bonds. The highest BCUT2D eigenvalue weighted by Gasteiger charge is 2.15. The number of nitrogens with one attached hydrogen (secondary N) is 3. The van der Waals surface area contributed by atoms with Gasteiger partial charge in [0.25, 0.3) is 0 Å². The SMILES string of the molecule is N=CCC(=Nc1ccccc1)C(=N)C(=O)CC=Nc1ccc(N=CC(Cl)C=N)cc1F. The second kappa shape index (κ2) is 12.1. The van der Waals surface area contributed by atoms with E-state index in [0.29, 0.717) is 11.4 Å². The van der Waals surface area contributed by atoms with Crippen LogP contribution >= 0.6 is 11.6 Å². The summed E-state index contributed by atoms with van der Waals surface area (Å²) in [6, 6.07) is 13.0. The van der Waals surface area contributed by atoms with Gasteiger partial charge < -0.3 is 10.8 Å². The van der Waals surface area contributed by atoms with E-state index >= 15 is 0 Å². The van der Waals surface area contributed by atoms with Crippen molar-refractivity contribution in [1.29, 1.82) is 16.2 Å². The number of rotatable bonds is 11. The predicted molar refractivity (Wildman–Crippen MR) is 125 cm³/mol. The average Bonchev–Trinajstić information content (AvgIpc) is 2.78. The number of alkyl halides is 1. The topological polar surface area (TPSA) is 126 Å². The monoisotopic (exact) mass is 438 g/mol. The van der Waals surface area contributed by atoms with Crippen molar-refractivity contribution in [3.8, 4) is 0 Å². The summed E-state index contributed by atoms with van der Waals surface area (Å²) in [5, 5.41) is 21.7. The zero-order valence-corrected chi connectivity index (χ0v) is 17.2. The van der Waals surface area contributed by atoms with Crippen molar-refractivity contribution in [3.63, 3.8) is 0 Å². The van der Waals surface area contributed by atoms with Gasteiger partial charge >= 0.3 is 0 Å². The van der Waals surface area contributed by atoms with E-state index in [9.17, 15) is 9.18 Å². The Balaban J connectivity index is 2.05. The number of carbonyl (C=O) groups is 1. The van der Waals surface area contributed by atoms with Crippen LogP contribution in [-0.4, -0.2) is 47.4 Å². The van der Waals surface area contributed by atoms with Gasteiger partial charge in [-0.05, 0) is 24.3 Å². The Kier molecular flexibility index (Phi) is 9.25. The minimum Gasteiger partial charge on any atom is -0.313 e. The van der Waals surface area contributed by atoms with Crippen molar-refractivity contribution < 1.29 is 9.18 Å². The molecule has 0 aromatic heterocycles. The van der Waals surface area contributed by atoms with E-state index in [1.807, 2.05) is 6.07 Å². The first-order valence-electron chi connectivity index (χ1n) is 9.19. The van der Waals surface area contributed by atoms with E-state index in [4.69, 9.17) is 27.8 Å². The highest BCUT2D eigenvalue weighted by Crippen LogP contribution is 2.23. The molecule has 0 saturated carbocycles. The number of halogens is 2. The lowest BCUT2D eigenvalue weighted by atomic mass is 10.1. The number of carbonyl (C=O) groups excluding carboxylic acids is 1. The Hall–Kier alpha value is -3.65. The molecular weight excluding hydrogens is 419 g/mol. The van der Waals surface area contributed by atoms with Gasteiger partial charge in [0.2, 0.25) is 0 Å². The largest absolute Gasteiger partial charge is 0.313 e. The first kappa shape index (κ1) is 23.6. The first-order valence-corrected chi connectivity index (χ1v) is 9.62. The van der Waals surface area contributed by atoms with Crippen LogP contribution in [0, 0.1) is 22.0 Å². The summed E-state index contributed by atoms with van der Waals surface area (Å²) in [7, 11) is 0. The molecule has 0 radical (unpaired) electrons. The summed E-state index contributed by atoms with van der Waals surface area (Å²) < 4.78 is 14.2. The van der Waals surface area contributed by atoms with Crippen LogP contribution in [0.15, 0.2) is 63.5 Å². The smallest absolute Gasteiger partial charge is 0.187 e. The molecule has 1 atom stereocenters. The first-order chi connectivity index (χ1) is 14.9. The maximum atomic E-state index is 14.2. The maximum absolute atomic E-state index is 14.2. The van der Waals surface area contributed by atoms with Crippen LogP contribution in [0.5, 0.6) is 0 Å². The normalized spacial score (nSPS) is 12.8. The summed E-state index contributed by atoms with van der Waals surface area (Å²) in [4.78, 5) is 24.5. The lowest BCUT2D eigenvalue weighted by Crippen LogP contribution is -2.23. The summed E-state index contributed by atoms with van der Waals surface area (Å²) in [5.41, 5.74) is 0.776. The van der Waals surface area contributed by atoms with Crippen LogP contribution in [0.3, 0.4) is 0 Å². The van der Waals surface area contributed by atoms with Crippen LogP contribution in [0.4, 0.5) is 21.5 Å². The van der Waals surface area contributed by atoms with Gasteiger partial charge in [-0.15, -0.1) is 11.6 Å². The maximum Gasteiger partial charge on any atom is 0.187 e. The van der Waals surface area contributed by atoms with Crippen LogP contribution in [0.1, 0.15) is 12.8 Å². The van der Waals surface area contributed by atoms with Gasteiger partial charge in [-0.2, -0.15) is 0 Å². The molecule has 2 aromatic carbocycles. The van der Waals surface area contributed by atoms with Gasteiger partial charge in [-0.3, -0.25) is 25.2 Å². The van der Waals surface area contributed by atoms with E-state index in [-0.39, 0.29) is 30.0 Å². The number of nitrogens with zero attached hydrogens (tertiary/aromatic N) is 3. The Bertz CT molecular complexity index is 1050. The van der Waals surface area contributed by atoms with Crippen LogP contribution < -0.4 is 0 Å². The summed E-state index contributed by atoms with van der Waals surface area (Å²) >= 11 is 5.72. The molecule has 3 N–H and O–H groups in total. The number of para-hydroxylation sites is 1. The predicted octanol–water partition coefficient (Wildman–Crippen LogP) is 5.28. The fraction of sp³-hybridized carbons (Fsp3) is 0.136. The van der Waals surface area contributed by atoms with Crippen LogP contribution in [-0.2, 0) is 4.79 Å². The third-order valence-electron chi connectivity index (χ3n) is 3.85. The quantitative estimate of drug-likeness (QED) is 0.320. The average molecular weight is 439 g/mol. The summed E-state index contributed by atoms with van der Waals surface area (Å²) in [6.45, 7) is 0. The number of ketones is 1. The molecule has 0 saturated heterocycles. The zero-order valence-electron chi connectivity index (χ0n) is 16.4. The molecule has 9 heteroatoms. The number of aliphatic imine (C=N–C) groups is 3. The van der Waals surface area contributed by atoms with Crippen molar-refractivity contribution in [2.24, 2.45) is 15.0 Å². The zero-order chi connectivity index (χ0) is 22.6. The molecule has 158 valence electrons. The highest BCUT2D eigenvalue weighted by molar-refractivity contribution is 6.68. The van der Waals surface area contributed by atoms with Crippen molar-refractivity contribution in [2.45, 2.75) is 18.2 Å². The molecular formula is C22H20ClFN6O. The Morgan fingerprint density at radius 3 is 2.45 bits per heavy atom. The number of benzene rings is 2. The molecule has 0 bridgehead atoms. The second-order valence-electron chi connectivity index (χ2n) is 6.14. The standard InChI is InChI=1S/C22H20ClFN6O/c23-15(13-26)14-29-17-6-7-19(18(24)12-17)28-11-9-21(31)22(27)20(8-10-25)30-16-4-2-1-3-5-16/h1-7,10-15,25-27H,8-9H2. The molecule has 1 unspecified atom stereocenters. The van der Waals surface area contributed by atoms with Gasteiger partial charge in [0.1, 0.15) is 11.1 Å². The summed E-state index contributed by atoms with van der Waals surface area (Å²) in [6.07, 6.45) is 4.44. The summed E-state index contributed by atoms with van der Waals surface area (Å²) in [5.74, 6) is -1.17. The van der Waals surface area contributed by atoms with Crippen LogP contribution in [0.25, 0.3) is 0 Å². The van der Waals surface area contributed by atoms with E-state index in [1.165, 1.54) is 24.6 Å². The molecule has 2 aromatic rings. The van der Waals surface area contributed by atoms with Gasteiger partial charge in [0, 0.05) is 43.8 Å². The lowest BCUT2D eigenvalue weighted by molar-refractivity contribution is -0.111. The molecule has 7 nitrogen and oxygen atoms in total. The van der Waals surface area contributed by atoms with E-state index in [2.05, 4.69) is 15.0 Å². The van der Waals surface area contributed by atoms with Gasteiger partial charge in [0.05, 0.1) is 22.8 Å². The molecule has 2 rings (SSSR count). The minimum absolute atomic E-state index is 0.0189. The minimum atomic E-state index is -0.676. The van der Waals surface area contributed by atoms with Gasteiger partial charge in [0.15, 0.2) is 11.6 Å². The molecule has 0 spiro atoms. The number of hydrogen-bond acceptors (Lipinski definition) is 7. The number of hydrogen-bond donors (Lipinski definition) is 3. The number of Topliss-reactive ketones (excluding diaryl/α,β-unsaturated/α-hetero) is 1. The van der Waals surface area contributed by atoms with E-state index < -0.39 is 17.0 Å². The highest BCUT2D eigenvalue weighted by atomic mass is 35.5. The Morgan fingerprint density at radius 1 is 1.06 bits per heavy atom. The molecule has 0 aliphatic rings. The van der Waals surface area contributed by atoms with Crippen molar-refractivity contribution >= 4 is 70.7 Å². The van der Waals surface area contributed by atoms with Crippen molar-refractivity contribution in [2.75, 3.05) is 0 Å². The Labute approximate surface area is 184 Å². The van der Waals surface area contributed by atoms with E-state index in [0.717, 1.165) is 18.5 Å². The third kappa shape index (κ3) is 7.60. The third-order valence-corrected chi connectivity index (χ3v) is 4.09. The van der Waals surface area contributed by atoms with E-state index in [1.54, 1.807) is 24.3 Å².